The summed E-state index contributed by atoms with van der Waals surface area (Å²) in [6, 6.07) is 2.09. The zero-order chi connectivity index (χ0) is 14.8. The molecule has 1 aliphatic carbocycles. The lowest BCUT2D eigenvalue weighted by atomic mass is 9.74. The summed E-state index contributed by atoms with van der Waals surface area (Å²) in [5, 5.41) is 3.54. The van der Waals surface area contributed by atoms with Crippen LogP contribution in [0, 0.1) is 11.6 Å². The summed E-state index contributed by atoms with van der Waals surface area (Å²) in [7, 11) is 1.70. The molecule has 1 atom stereocenters. The Kier molecular flexibility index (Phi) is 4.99. The van der Waals surface area contributed by atoms with Gasteiger partial charge in [-0.05, 0) is 49.9 Å². The van der Waals surface area contributed by atoms with Crippen LogP contribution >= 0.6 is 11.6 Å². The van der Waals surface area contributed by atoms with Gasteiger partial charge in [-0.2, -0.15) is 0 Å². The van der Waals surface area contributed by atoms with Crippen molar-refractivity contribution in [2.75, 3.05) is 13.7 Å². The molecule has 0 spiro atoms. The largest absolute Gasteiger partial charge is 0.378 e. The van der Waals surface area contributed by atoms with Crippen molar-refractivity contribution in [3.63, 3.8) is 0 Å². The molecule has 5 heteroatoms. The third kappa shape index (κ3) is 3.13. The van der Waals surface area contributed by atoms with E-state index in [1.165, 1.54) is 6.07 Å². The molecule has 0 heterocycles. The molecule has 1 N–H and O–H groups in total. The first-order valence-electron chi connectivity index (χ1n) is 6.94. The van der Waals surface area contributed by atoms with Gasteiger partial charge in [0.25, 0.3) is 0 Å². The first-order valence-corrected chi connectivity index (χ1v) is 7.32. The molecule has 20 heavy (non-hydrogen) atoms. The molecular formula is C15H20ClF2NO. The highest BCUT2D eigenvalue weighted by Gasteiger charge is 2.39. The minimum Gasteiger partial charge on any atom is -0.378 e. The average molecular weight is 304 g/mol. The average Bonchev–Trinajstić information content (AvgIpc) is 2.37. The Hall–Kier alpha value is -0.710. The summed E-state index contributed by atoms with van der Waals surface area (Å²) in [6.07, 6.45) is 3.83. The fourth-order valence-corrected chi connectivity index (χ4v) is 3.06. The van der Waals surface area contributed by atoms with Gasteiger partial charge in [0.2, 0.25) is 0 Å². The van der Waals surface area contributed by atoms with Crippen molar-refractivity contribution < 1.29 is 13.5 Å². The number of benzene rings is 1. The zero-order valence-corrected chi connectivity index (χ0v) is 12.6. The molecule has 2 rings (SSSR count). The van der Waals surface area contributed by atoms with E-state index < -0.39 is 11.6 Å². The molecule has 1 aromatic rings. The van der Waals surface area contributed by atoms with Crippen molar-refractivity contribution in [1.82, 2.24) is 5.32 Å². The second-order valence-corrected chi connectivity index (χ2v) is 5.75. The molecule has 0 aliphatic heterocycles. The van der Waals surface area contributed by atoms with E-state index in [2.05, 4.69) is 5.32 Å². The summed E-state index contributed by atoms with van der Waals surface area (Å²) >= 11 is 6.08. The van der Waals surface area contributed by atoms with Crippen LogP contribution in [0.4, 0.5) is 8.78 Å². The van der Waals surface area contributed by atoms with Crippen molar-refractivity contribution in [2.24, 2.45) is 0 Å². The highest BCUT2D eigenvalue weighted by atomic mass is 35.5. The second-order valence-electron chi connectivity index (χ2n) is 5.34. The smallest absolute Gasteiger partial charge is 0.160 e. The molecule has 0 bridgehead atoms. The molecule has 0 aromatic heterocycles. The van der Waals surface area contributed by atoms with Gasteiger partial charge in [-0.3, -0.25) is 0 Å². The number of nitrogens with one attached hydrogen (secondary N) is 1. The van der Waals surface area contributed by atoms with E-state index in [9.17, 15) is 8.78 Å². The molecule has 0 radical (unpaired) electrons. The van der Waals surface area contributed by atoms with Gasteiger partial charge in [0.15, 0.2) is 11.6 Å². The van der Waals surface area contributed by atoms with Crippen LogP contribution in [0.25, 0.3) is 0 Å². The molecule has 1 aromatic carbocycles. The summed E-state index contributed by atoms with van der Waals surface area (Å²) in [5.41, 5.74) is 0.428. The Morgan fingerprint density at radius 3 is 2.50 bits per heavy atom. The van der Waals surface area contributed by atoms with E-state index in [1.54, 1.807) is 7.11 Å². The lowest BCUT2D eigenvalue weighted by molar-refractivity contribution is -0.0837. The van der Waals surface area contributed by atoms with Gasteiger partial charge in [-0.25, -0.2) is 8.78 Å². The van der Waals surface area contributed by atoms with Gasteiger partial charge in [0.1, 0.15) is 0 Å². The highest BCUT2D eigenvalue weighted by molar-refractivity contribution is 6.31. The van der Waals surface area contributed by atoms with Crippen molar-refractivity contribution in [3.05, 3.63) is 34.4 Å². The number of rotatable bonds is 6. The molecule has 0 amide bonds. The minimum atomic E-state index is -0.918. The molecular weight excluding hydrogens is 284 g/mol. The maximum atomic E-state index is 13.5. The van der Waals surface area contributed by atoms with Gasteiger partial charge >= 0.3 is 0 Å². The fraction of sp³-hybridized carbons (Fsp3) is 0.600. The van der Waals surface area contributed by atoms with E-state index in [1.807, 2.05) is 6.92 Å². The second kappa shape index (κ2) is 6.37. The Morgan fingerprint density at radius 2 is 2.00 bits per heavy atom. The third-order valence-electron chi connectivity index (χ3n) is 4.14. The lowest BCUT2D eigenvalue weighted by Gasteiger charge is -2.43. The molecule has 1 aliphatic rings. The summed E-state index contributed by atoms with van der Waals surface area (Å²) < 4.78 is 32.3. The Balaban J connectivity index is 2.26. The van der Waals surface area contributed by atoms with Crippen molar-refractivity contribution >= 4 is 11.6 Å². The summed E-state index contributed by atoms with van der Waals surface area (Å²) in [4.78, 5) is 0. The number of hydrogen-bond donors (Lipinski definition) is 1. The first kappa shape index (κ1) is 15.7. The molecule has 0 saturated heterocycles. The van der Waals surface area contributed by atoms with E-state index in [0.717, 1.165) is 31.9 Å². The van der Waals surface area contributed by atoms with E-state index >= 15 is 0 Å². The van der Waals surface area contributed by atoms with Crippen LogP contribution in [0.5, 0.6) is 0 Å². The van der Waals surface area contributed by atoms with Gasteiger partial charge in [-0.1, -0.05) is 18.5 Å². The highest BCUT2D eigenvalue weighted by Crippen LogP contribution is 2.43. The molecule has 112 valence electrons. The maximum absolute atomic E-state index is 13.5. The zero-order valence-electron chi connectivity index (χ0n) is 11.8. The Labute approximate surface area is 123 Å². The van der Waals surface area contributed by atoms with Crippen LogP contribution in [0.15, 0.2) is 12.1 Å². The molecule has 1 saturated carbocycles. The number of halogens is 3. The lowest BCUT2D eigenvalue weighted by Crippen LogP contribution is -2.43. The monoisotopic (exact) mass is 303 g/mol. The van der Waals surface area contributed by atoms with Gasteiger partial charge < -0.3 is 10.1 Å². The van der Waals surface area contributed by atoms with E-state index in [0.29, 0.717) is 12.0 Å². The van der Waals surface area contributed by atoms with Gasteiger partial charge in [-0.15, -0.1) is 0 Å². The van der Waals surface area contributed by atoms with Crippen LogP contribution < -0.4 is 5.32 Å². The van der Waals surface area contributed by atoms with Crippen LogP contribution in [-0.4, -0.2) is 19.3 Å². The normalized spacial score (nSPS) is 18.6. The Bertz CT molecular complexity index is 472. The van der Waals surface area contributed by atoms with Crippen LogP contribution in [0.1, 0.15) is 44.2 Å². The number of methoxy groups -OCH3 is 1. The summed E-state index contributed by atoms with van der Waals surface area (Å²) in [6.45, 7) is 2.70. The third-order valence-corrected chi connectivity index (χ3v) is 4.47. The topological polar surface area (TPSA) is 21.3 Å². The van der Waals surface area contributed by atoms with Gasteiger partial charge in [0, 0.05) is 18.2 Å². The maximum Gasteiger partial charge on any atom is 0.160 e. The fourth-order valence-electron chi connectivity index (χ4n) is 2.78. The minimum absolute atomic E-state index is 0.136. The van der Waals surface area contributed by atoms with E-state index in [-0.39, 0.29) is 16.7 Å². The van der Waals surface area contributed by atoms with Crippen molar-refractivity contribution in [3.8, 4) is 0 Å². The van der Waals surface area contributed by atoms with E-state index in [4.69, 9.17) is 16.3 Å². The quantitative estimate of drug-likeness (QED) is 0.794. The number of ether oxygens (including phenoxy) is 1. The molecule has 1 unspecified atom stereocenters. The SMILES string of the molecule is CCNC(CC1(OC)CCC1)c1cc(F)c(F)cc1Cl. The predicted molar refractivity (Wildman–Crippen MR) is 76.0 cm³/mol. The van der Waals surface area contributed by atoms with Crippen LogP contribution in [-0.2, 0) is 4.74 Å². The van der Waals surface area contributed by atoms with Crippen molar-refractivity contribution in [1.29, 1.82) is 0 Å². The Morgan fingerprint density at radius 1 is 1.35 bits per heavy atom. The summed E-state index contributed by atoms with van der Waals surface area (Å²) in [5.74, 6) is -1.79. The molecule has 1 fully saturated rings. The van der Waals surface area contributed by atoms with Crippen LogP contribution in [0.2, 0.25) is 5.02 Å². The van der Waals surface area contributed by atoms with Gasteiger partial charge in [0.05, 0.1) is 5.60 Å². The van der Waals surface area contributed by atoms with Crippen molar-refractivity contribution in [2.45, 2.75) is 44.2 Å². The predicted octanol–water partition coefficient (Wildman–Crippen LogP) is 4.23. The standard InChI is InChI=1S/C15H20ClF2NO/c1-3-19-14(9-15(20-2)5-4-6-15)10-7-12(17)13(18)8-11(10)16/h7-8,14,19H,3-6,9H2,1-2H3. The number of hydrogen-bond acceptors (Lipinski definition) is 2. The van der Waals surface area contributed by atoms with Crippen LogP contribution in [0.3, 0.4) is 0 Å². The molecule has 2 nitrogen and oxygen atoms in total. The first-order chi connectivity index (χ1) is 9.51.